The molecule has 0 radical (unpaired) electrons. The minimum Gasteiger partial charge on any atom is -0.496 e. The Morgan fingerprint density at radius 3 is 1.55 bits per heavy atom. The van der Waals surface area contributed by atoms with Crippen molar-refractivity contribution in [2.24, 2.45) is 0 Å². The van der Waals surface area contributed by atoms with Crippen LogP contribution in [-0.4, -0.2) is 33.3 Å². The maximum absolute atomic E-state index is 5.61. The zero-order valence-electron chi connectivity index (χ0n) is 18.3. The third kappa shape index (κ3) is 4.24. The quantitative estimate of drug-likeness (QED) is 0.381. The van der Waals surface area contributed by atoms with Crippen LogP contribution in [0.3, 0.4) is 0 Å². The van der Waals surface area contributed by atoms with Crippen molar-refractivity contribution in [1.82, 2.24) is 4.98 Å². The van der Waals surface area contributed by atoms with Gasteiger partial charge in [-0.3, -0.25) is 0 Å². The SMILES string of the molecule is COc1ccccc1-c1cc(-c2ccc(N(C)C)cc2)cc(-c2ccccc2OC)n1. The summed E-state index contributed by atoms with van der Waals surface area (Å²) in [5, 5.41) is 0. The Labute approximate surface area is 183 Å². The fourth-order valence-corrected chi connectivity index (χ4v) is 3.64. The molecule has 0 aliphatic carbocycles. The number of para-hydroxylation sites is 2. The van der Waals surface area contributed by atoms with Gasteiger partial charge >= 0.3 is 0 Å². The molecule has 4 heteroatoms. The molecular weight excluding hydrogens is 384 g/mol. The average Bonchev–Trinajstić information content (AvgIpc) is 2.83. The summed E-state index contributed by atoms with van der Waals surface area (Å²) in [5.41, 5.74) is 6.98. The second-order valence-corrected chi connectivity index (χ2v) is 7.47. The van der Waals surface area contributed by atoms with Crippen LogP contribution in [0.4, 0.5) is 5.69 Å². The first-order valence-corrected chi connectivity index (χ1v) is 10.2. The average molecular weight is 411 g/mol. The summed E-state index contributed by atoms with van der Waals surface area (Å²) in [6.07, 6.45) is 0. The van der Waals surface area contributed by atoms with Crippen molar-refractivity contribution in [1.29, 1.82) is 0 Å². The van der Waals surface area contributed by atoms with E-state index in [0.717, 1.165) is 50.8 Å². The van der Waals surface area contributed by atoms with E-state index >= 15 is 0 Å². The molecule has 0 spiro atoms. The van der Waals surface area contributed by atoms with Crippen LogP contribution in [0.15, 0.2) is 84.9 Å². The molecule has 1 heterocycles. The van der Waals surface area contributed by atoms with E-state index in [1.807, 2.05) is 62.6 Å². The number of aromatic nitrogens is 1. The fourth-order valence-electron chi connectivity index (χ4n) is 3.64. The molecule has 1 aromatic heterocycles. The third-order valence-electron chi connectivity index (χ3n) is 5.31. The Hall–Kier alpha value is -3.79. The summed E-state index contributed by atoms with van der Waals surface area (Å²) >= 11 is 0. The molecule has 3 aromatic carbocycles. The molecule has 4 aromatic rings. The van der Waals surface area contributed by atoms with E-state index < -0.39 is 0 Å². The van der Waals surface area contributed by atoms with E-state index in [-0.39, 0.29) is 0 Å². The topological polar surface area (TPSA) is 34.6 Å². The van der Waals surface area contributed by atoms with E-state index in [1.165, 1.54) is 0 Å². The van der Waals surface area contributed by atoms with Crippen molar-refractivity contribution >= 4 is 5.69 Å². The highest BCUT2D eigenvalue weighted by atomic mass is 16.5. The standard InChI is InChI=1S/C27H26N2O2/c1-29(2)21-15-13-19(14-16-21)20-17-24(22-9-5-7-11-26(22)30-3)28-25(18-20)23-10-6-8-12-27(23)31-4/h5-18H,1-4H3. The lowest BCUT2D eigenvalue weighted by atomic mass is 9.99. The van der Waals surface area contributed by atoms with Crippen molar-refractivity contribution in [2.75, 3.05) is 33.2 Å². The minimum absolute atomic E-state index is 0.793. The van der Waals surface area contributed by atoms with Crippen molar-refractivity contribution in [3.05, 3.63) is 84.9 Å². The summed E-state index contributed by atoms with van der Waals surface area (Å²) in [7, 11) is 7.45. The Bertz CT molecular complexity index is 1120. The Kier molecular flexibility index (Phi) is 5.89. The van der Waals surface area contributed by atoms with Gasteiger partial charge in [-0.15, -0.1) is 0 Å². The van der Waals surface area contributed by atoms with Crippen molar-refractivity contribution in [3.8, 4) is 45.1 Å². The monoisotopic (exact) mass is 410 g/mol. The number of methoxy groups -OCH3 is 2. The van der Waals surface area contributed by atoms with E-state index in [2.05, 4.69) is 41.3 Å². The molecule has 4 rings (SSSR count). The zero-order valence-corrected chi connectivity index (χ0v) is 18.3. The second kappa shape index (κ2) is 8.92. The van der Waals surface area contributed by atoms with Crippen LogP contribution in [0.5, 0.6) is 11.5 Å². The highest BCUT2D eigenvalue weighted by Gasteiger charge is 2.14. The van der Waals surface area contributed by atoms with Gasteiger partial charge in [-0.05, 0) is 59.7 Å². The van der Waals surface area contributed by atoms with E-state index in [0.29, 0.717) is 0 Å². The van der Waals surface area contributed by atoms with Crippen molar-refractivity contribution in [2.45, 2.75) is 0 Å². The Morgan fingerprint density at radius 1 is 0.613 bits per heavy atom. The lowest BCUT2D eigenvalue weighted by molar-refractivity contribution is 0.416. The molecule has 0 N–H and O–H groups in total. The largest absolute Gasteiger partial charge is 0.496 e. The lowest BCUT2D eigenvalue weighted by Gasteiger charge is -2.15. The van der Waals surface area contributed by atoms with Crippen LogP contribution in [0, 0.1) is 0 Å². The van der Waals surface area contributed by atoms with Gasteiger partial charge in [0.25, 0.3) is 0 Å². The van der Waals surface area contributed by atoms with Crippen LogP contribution in [0.25, 0.3) is 33.6 Å². The van der Waals surface area contributed by atoms with E-state index in [1.54, 1.807) is 14.2 Å². The first-order chi connectivity index (χ1) is 15.1. The fraction of sp³-hybridized carbons (Fsp3) is 0.148. The minimum atomic E-state index is 0.793. The number of nitrogens with zero attached hydrogens (tertiary/aromatic N) is 2. The van der Waals surface area contributed by atoms with Crippen molar-refractivity contribution in [3.63, 3.8) is 0 Å². The van der Waals surface area contributed by atoms with Crippen LogP contribution in [0.2, 0.25) is 0 Å². The molecule has 156 valence electrons. The van der Waals surface area contributed by atoms with Gasteiger partial charge in [0.1, 0.15) is 11.5 Å². The molecule has 0 atom stereocenters. The van der Waals surface area contributed by atoms with Gasteiger partial charge in [-0.1, -0.05) is 36.4 Å². The van der Waals surface area contributed by atoms with Crippen LogP contribution in [0.1, 0.15) is 0 Å². The van der Waals surface area contributed by atoms with Gasteiger partial charge in [-0.2, -0.15) is 0 Å². The maximum Gasteiger partial charge on any atom is 0.128 e. The Balaban J connectivity index is 1.92. The number of rotatable bonds is 6. The normalized spacial score (nSPS) is 10.6. The summed E-state index contributed by atoms with van der Waals surface area (Å²) in [6.45, 7) is 0. The van der Waals surface area contributed by atoms with Gasteiger partial charge in [0.2, 0.25) is 0 Å². The van der Waals surface area contributed by atoms with Crippen LogP contribution in [-0.2, 0) is 0 Å². The molecule has 0 aliphatic heterocycles. The second-order valence-electron chi connectivity index (χ2n) is 7.47. The van der Waals surface area contributed by atoms with Gasteiger partial charge < -0.3 is 14.4 Å². The van der Waals surface area contributed by atoms with Crippen LogP contribution >= 0.6 is 0 Å². The first kappa shape index (κ1) is 20.5. The third-order valence-corrected chi connectivity index (χ3v) is 5.31. The molecule has 0 aliphatic rings. The predicted octanol–water partition coefficient (Wildman–Crippen LogP) is 6.17. The number of ether oxygens (including phenoxy) is 2. The zero-order chi connectivity index (χ0) is 21.8. The molecule has 4 nitrogen and oxygen atoms in total. The number of hydrogen-bond donors (Lipinski definition) is 0. The van der Waals surface area contributed by atoms with Gasteiger partial charge in [0.05, 0.1) is 25.6 Å². The highest BCUT2D eigenvalue weighted by Crippen LogP contribution is 2.36. The van der Waals surface area contributed by atoms with Crippen LogP contribution < -0.4 is 14.4 Å². The predicted molar refractivity (Wildman–Crippen MR) is 128 cm³/mol. The summed E-state index contributed by atoms with van der Waals surface area (Å²) in [6, 6.07) is 28.7. The van der Waals surface area contributed by atoms with Gasteiger partial charge in [0, 0.05) is 30.9 Å². The number of pyridine rings is 1. The smallest absolute Gasteiger partial charge is 0.128 e. The maximum atomic E-state index is 5.61. The van der Waals surface area contributed by atoms with E-state index in [4.69, 9.17) is 14.5 Å². The molecular formula is C27H26N2O2. The molecule has 0 saturated heterocycles. The molecule has 31 heavy (non-hydrogen) atoms. The van der Waals surface area contributed by atoms with E-state index in [9.17, 15) is 0 Å². The molecule has 0 saturated carbocycles. The summed E-state index contributed by atoms with van der Waals surface area (Å²) in [4.78, 5) is 7.09. The summed E-state index contributed by atoms with van der Waals surface area (Å²) in [5.74, 6) is 1.59. The molecule has 0 unspecified atom stereocenters. The number of benzene rings is 3. The highest BCUT2D eigenvalue weighted by molar-refractivity contribution is 5.80. The molecule has 0 amide bonds. The van der Waals surface area contributed by atoms with Gasteiger partial charge in [0.15, 0.2) is 0 Å². The molecule has 0 fully saturated rings. The number of anilines is 1. The first-order valence-electron chi connectivity index (χ1n) is 10.2. The Morgan fingerprint density at radius 2 is 1.10 bits per heavy atom. The summed E-state index contributed by atoms with van der Waals surface area (Å²) < 4.78 is 11.2. The molecule has 0 bridgehead atoms. The van der Waals surface area contributed by atoms with Gasteiger partial charge in [-0.25, -0.2) is 4.98 Å². The lowest BCUT2D eigenvalue weighted by Crippen LogP contribution is -2.07. The van der Waals surface area contributed by atoms with Crippen molar-refractivity contribution < 1.29 is 9.47 Å². The number of hydrogen-bond acceptors (Lipinski definition) is 4.